The van der Waals surface area contributed by atoms with E-state index in [0.29, 0.717) is 18.7 Å². The SMILES string of the molecule is C[C@@H](c1ccccc1)N(C)C[C@@H]1C[C@H](c2ccc(CO)cc2)O[C@H](c2ccc(NC(=O)NCc3ccccc3)cc2)O1. The second-order valence-corrected chi connectivity index (χ2v) is 10.8. The van der Waals surface area contributed by atoms with Crippen molar-refractivity contribution in [3.05, 3.63) is 137 Å². The Hall–Kier alpha value is -4.01. The maximum Gasteiger partial charge on any atom is 0.319 e. The first-order valence-corrected chi connectivity index (χ1v) is 14.4. The van der Waals surface area contributed by atoms with Crippen LogP contribution in [0.15, 0.2) is 109 Å². The van der Waals surface area contributed by atoms with Gasteiger partial charge in [0.05, 0.1) is 18.8 Å². The predicted octanol–water partition coefficient (Wildman–Crippen LogP) is 6.74. The summed E-state index contributed by atoms with van der Waals surface area (Å²) < 4.78 is 13.0. The number of rotatable bonds is 10. The lowest BCUT2D eigenvalue weighted by Gasteiger charge is -2.39. The Morgan fingerprint density at radius 2 is 1.50 bits per heavy atom. The summed E-state index contributed by atoms with van der Waals surface area (Å²) in [5, 5.41) is 15.3. The minimum Gasteiger partial charge on any atom is -0.392 e. The van der Waals surface area contributed by atoms with E-state index in [4.69, 9.17) is 9.47 Å². The van der Waals surface area contributed by atoms with Gasteiger partial charge in [-0.05, 0) is 48.4 Å². The molecule has 0 spiro atoms. The van der Waals surface area contributed by atoms with Crippen LogP contribution in [0, 0.1) is 0 Å². The third kappa shape index (κ3) is 7.84. The number of aliphatic hydroxyl groups excluding tert-OH is 1. The zero-order valence-corrected chi connectivity index (χ0v) is 24.1. The highest BCUT2D eigenvalue weighted by molar-refractivity contribution is 5.89. The van der Waals surface area contributed by atoms with E-state index < -0.39 is 6.29 Å². The number of benzene rings is 4. The molecule has 0 aliphatic carbocycles. The van der Waals surface area contributed by atoms with Crippen LogP contribution in [0.25, 0.3) is 0 Å². The fraction of sp³-hybridized carbons (Fsp3) is 0.286. The fourth-order valence-electron chi connectivity index (χ4n) is 5.18. The molecule has 42 heavy (non-hydrogen) atoms. The van der Waals surface area contributed by atoms with Gasteiger partial charge >= 0.3 is 6.03 Å². The second kappa shape index (κ2) is 14.2. The molecule has 1 aliphatic rings. The van der Waals surface area contributed by atoms with Crippen molar-refractivity contribution in [3.8, 4) is 0 Å². The Bertz CT molecular complexity index is 1400. The Balaban J connectivity index is 1.26. The zero-order chi connectivity index (χ0) is 29.3. The predicted molar refractivity (Wildman–Crippen MR) is 165 cm³/mol. The third-order valence-electron chi connectivity index (χ3n) is 7.79. The molecule has 2 amide bonds. The molecule has 4 atom stereocenters. The van der Waals surface area contributed by atoms with E-state index in [1.54, 1.807) is 0 Å². The molecular formula is C35H39N3O4. The van der Waals surface area contributed by atoms with Crippen LogP contribution in [0.1, 0.15) is 59.6 Å². The molecule has 1 fully saturated rings. The van der Waals surface area contributed by atoms with Crippen LogP contribution in [0.5, 0.6) is 0 Å². The number of anilines is 1. The minimum atomic E-state index is -0.562. The minimum absolute atomic E-state index is 0.00694. The number of nitrogens with one attached hydrogen (secondary N) is 2. The van der Waals surface area contributed by atoms with E-state index in [9.17, 15) is 9.90 Å². The van der Waals surface area contributed by atoms with Gasteiger partial charge in [0, 0.05) is 36.8 Å². The van der Waals surface area contributed by atoms with E-state index in [1.165, 1.54) is 5.56 Å². The summed E-state index contributed by atoms with van der Waals surface area (Å²) in [7, 11) is 2.12. The first kappa shape index (κ1) is 29.5. The van der Waals surface area contributed by atoms with Gasteiger partial charge in [0.25, 0.3) is 0 Å². The van der Waals surface area contributed by atoms with E-state index in [1.807, 2.05) is 84.9 Å². The number of hydrogen-bond donors (Lipinski definition) is 3. The maximum atomic E-state index is 12.4. The van der Waals surface area contributed by atoms with Gasteiger partial charge in [-0.2, -0.15) is 0 Å². The summed E-state index contributed by atoms with van der Waals surface area (Å²) in [6.07, 6.45) is -0.0812. The van der Waals surface area contributed by atoms with E-state index >= 15 is 0 Å². The number of carbonyl (C=O) groups is 1. The van der Waals surface area contributed by atoms with Crippen molar-refractivity contribution < 1.29 is 19.4 Å². The second-order valence-electron chi connectivity index (χ2n) is 10.8. The normalized spacial score (nSPS) is 19.3. The number of ether oxygens (including phenoxy) is 2. The molecule has 0 saturated carbocycles. The number of urea groups is 1. The largest absolute Gasteiger partial charge is 0.392 e. The summed E-state index contributed by atoms with van der Waals surface area (Å²) in [4.78, 5) is 14.7. The van der Waals surface area contributed by atoms with Gasteiger partial charge in [0.15, 0.2) is 6.29 Å². The molecule has 7 nitrogen and oxygen atoms in total. The fourth-order valence-corrected chi connectivity index (χ4v) is 5.18. The van der Waals surface area contributed by atoms with E-state index in [-0.39, 0.29) is 30.9 Å². The molecule has 218 valence electrons. The molecule has 1 saturated heterocycles. The molecular weight excluding hydrogens is 526 g/mol. The van der Waals surface area contributed by atoms with Crippen molar-refractivity contribution in [2.24, 2.45) is 0 Å². The molecule has 0 bridgehead atoms. The topological polar surface area (TPSA) is 83.1 Å². The average molecular weight is 566 g/mol. The number of amides is 2. The van der Waals surface area contributed by atoms with Crippen molar-refractivity contribution in [1.29, 1.82) is 0 Å². The maximum absolute atomic E-state index is 12.4. The lowest BCUT2D eigenvalue weighted by atomic mass is 9.99. The highest BCUT2D eigenvalue weighted by Gasteiger charge is 2.33. The molecule has 0 radical (unpaired) electrons. The lowest BCUT2D eigenvalue weighted by molar-refractivity contribution is -0.253. The summed E-state index contributed by atoms with van der Waals surface area (Å²) in [5.41, 5.74) is 5.78. The van der Waals surface area contributed by atoms with Crippen LogP contribution in [-0.2, 0) is 22.6 Å². The van der Waals surface area contributed by atoms with Crippen LogP contribution in [0.4, 0.5) is 10.5 Å². The molecule has 4 aromatic rings. The van der Waals surface area contributed by atoms with Crippen molar-refractivity contribution in [1.82, 2.24) is 10.2 Å². The number of likely N-dealkylation sites (N-methyl/N-ethyl adjacent to an activating group) is 1. The van der Waals surface area contributed by atoms with Gasteiger partial charge in [-0.3, -0.25) is 4.90 Å². The number of nitrogens with zero attached hydrogens (tertiary/aromatic N) is 1. The van der Waals surface area contributed by atoms with E-state index in [2.05, 4.69) is 53.8 Å². The summed E-state index contributed by atoms with van der Waals surface area (Å²) in [6, 6.07) is 35.7. The van der Waals surface area contributed by atoms with Crippen LogP contribution in [-0.4, -0.2) is 35.7 Å². The number of carbonyl (C=O) groups excluding carboxylic acids is 1. The van der Waals surface area contributed by atoms with Crippen molar-refractivity contribution >= 4 is 11.7 Å². The first-order valence-electron chi connectivity index (χ1n) is 14.4. The van der Waals surface area contributed by atoms with Gasteiger partial charge in [0.1, 0.15) is 0 Å². The lowest BCUT2D eigenvalue weighted by Crippen LogP contribution is -2.38. The van der Waals surface area contributed by atoms with Gasteiger partial charge < -0.3 is 25.2 Å². The molecule has 4 aromatic carbocycles. The third-order valence-corrected chi connectivity index (χ3v) is 7.79. The Labute approximate surface area is 248 Å². The van der Waals surface area contributed by atoms with Gasteiger partial charge in [-0.15, -0.1) is 0 Å². The Kier molecular flexibility index (Phi) is 10.0. The summed E-state index contributed by atoms with van der Waals surface area (Å²) in [6.45, 7) is 3.41. The molecule has 1 aliphatic heterocycles. The molecule has 1 heterocycles. The van der Waals surface area contributed by atoms with Crippen molar-refractivity contribution in [2.75, 3.05) is 18.9 Å². The van der Waals surface area contributed by atoms with Crippen LogP contribution in [0.3, 0.4) is 0 Å². The molecule has 0 aromatic heterocycles. The molecule has 3 N–H and O–H groups in total. The van der Waals surface area contributed by atoms with Crippen LogP contribution >= 0.6 is 0 Å². The smallest absolute Gasteiger partial charge is 0.319 e. The van der Waals surface area contributed by atoms with Gasteiger partial charge in [0.2, 0.25) is 0 Å². The average Bonchev–Trinajstić information content (AvgIpc) is 3.04. The van der Waals surface area contributed by atoms with Crippen LogP contribution < -0.4 is 10.6 Å². The Morgan fingerprint density at radius 1 is 0.857 bits per heavy atom. The summed E-state index contributed by atoms with van der Waals surface area (Å²) >= 11 is 0. The standard InChI is InChI=1S/C35H39N3O4/c1-25(28-11-7-4-8-12-28)38(2)23-32-21-33(29-15-13-27(24-39)14-16-29)42-34(41-32)30-17-19-31(20-18-30)37-35(40)36-22-26-9-5-3-6-10-26/h3-20,25,32-34,39H,21-24H2,1-2H3,(H2,36,37,40)/t25-,32-,33+,34+/m0/s1. The van der Waals surface area contributed by atoms with Crippen LogP contribution in [0.2, 0.25) is 0 Å². The monoisotopic (exact) mass is 565 g/mol. The molecule has 5 rings (SSSR count). The highest BCUT2D eigenvalue weighted by Crippen LogP contribution is 2.38. The summed E-state index contributed by atoms with van der Waals surface area (Å²) in [5.74, 6) is 0. The highest BCUT2D eigenvalue weighted by atomic mass is 16.7. The number of aliphatic hydroxyl groups is 1. The number of hydrogen-bond acceptors (Lipinski definition) is 5. The van der Waals surface area contributed by atoms with Crippen molar-refractivity contribution in [2.45, 2.75) is 51.0 Å². The first-order chi connectivity index (χ1) is 20.5. The molecule has 0 unspecified atom stereocenters. The van der Waals surface area contributed by atoms with Gasteiger partial charge in [-0.1, -0.05) is 97.1 Å². The van der Waals surface area contributed by atoms with Gasteiger partial charge in [-0.25, -0.2) is 4.79 Å². The quantitative estimate of drug-likeness (QED) is 0.198. The zero-order valence-electron chi connectivity index (χ0n) is 24.1. The van der Waals surface area contributed by atoms with E-state index in [0.717, 1.165) is 28.8 Å². The molecule has 7 heteroatoms. The van der Waals surface area contributed by atoms with Crippen molar-refractivity contribution in [3.63, 3.8) is 0 Å². The Morgan fingerprint density at radius 3 is 2.17 bits per heavy atom.